The second kappa shape index (κ2) is 6.10. The SMILES string of the molecule is Cc1c(N)cccc1OCc1ccccc1CC(=O)O. The third-order valence-corrected chi connectivity index (χ3v) is 3.17. The minimum Gasteiger partial charge on any atom is -0.489 e. The van der Waals surface area contributed by atoms with Crippen molar-refractivity contribution in [3.63, 3.8) is 0 Å². The van der Waals surface area contributed by atoms with Crippen LogP contribution in [0.15, 0.2) is 42.5 Å². The highest BCUT2D eigenvalue weighted by atomic mass is 16.5. The molecular weight excluding hydrogens is 254 g/mol. The van der Waals surface area contributed by atoms with Crippen LogP contribution in [-0.2, 0) is 17.8 Å². The zero-order valence-electron chi connectivity index (χ0n) is 11.3. The summed E-state index contributed by atoms with van der Waals surface area (Å²) in [5, 5.41) is 8.90. The number of rotatable bonds is 5. The molecule has 3 N–H and O–H groups in total. The largest absolute Gasteiger partial charge is 0.489 e. The van der Waals surface area contributed by atoms with E-state index in [9.17, 15) is 4.79 Å². The van der Waals surface area contributed by atoms with Crippen LogP contribution in [0.25, 0.3) is 0 Å². The van der Waals surface area contributed by atoms with Crippen molar-refractivity contribution in [3.05, 3.63) is 59.2 Å². The van der Waals surface area contributed by atoms with Crippen molar-refractivity contribution in [1.82, 2.24) is 0 Å². The number of nitrogens with two attached hydrogens (primary N) is 1. The molecular formula is C16H17NO3. The van der Waals surface area contributed by atoms with Crippen LogP contribution in [0.5, 0.6) is 5.75 Å². The number of benzene rings is 2. The van der Waals surface area contributed by atoms with Crippen LogP contribution in [0.3, 0.4) is 0 Å². The first-order valence-electron chi connectivity index (χ1n) is 6.34. The highest BCUT2D eigenvalue weighted by Gasteiger charge is 2.08. The third-order valence-electron chi connectivity index (χ3n) is 3.17. The van der Waals surface area contributed by atoms with Crippen molar-refractivity contribution in [3.8, 4) is 5.75 Å². The first-order chi connectivity index (χ1) is 9.58. The molecule has 0 fully saturated rings. The van der Waals surface area contributed by atoms with Gasteiger partial charge in [-0.25, -0.2) is 0 Å². The van der Waals surface area contributed by atoms with Gasteiger partial charge in [0, 0.05) is 11.3 Å². The van der Waals surface area contributed by atoms with Crippen LogP contribution >= 0.6 is 0 Å². The molecule has 0 heterocycles. The Labute approximate surface area is 117 Å². The number of carboxylic acids is 1. The molecule has 0 bridgehead atoms. The van der Waals surface area contributed by atoms with Gasteiger partial charge in [0.2, 0.25) is 0 Å². The van der Waals surface area contributed by atoms with Gasteiger partial charge in [-0.15, -0.1) is 0 Å². The van der Waals surface area contributed by atoms with E-state index in [2.05, 4.69) is 0 Å². The lowest BCUT2D eigenvalue weighted by Crippen LogP contribution is -2.06. The van der Waals surface area contributed by atoms with Crippen molar-refractivity contribution in [2.45, 2.75) is 20.0 Å². The summed E-state index contributed by atoms with van der Waals surface area (Å²) in [7, 11) is 0. The van der Waals surface area contributed by atoms with Crippen LogP contribution in [0.1, 0.15) is 16.7 Å². The number of aliphatic carboxylic acids is 1. The second-order valence-corrected chi connectivity index (χ2v) is 4.60. The molecule has 0 radical (unpaired) electrons. The van der Waals surface area contributed by atoms with Crippen LogP contribution in [0, 0.1) is 6.92 Å². The second-order valence-electron chi connectivity index (χ2n) is 4.60. The van der Waals surface area contributed by atoms with Gasteiger partial charge in [-0.05, 0) is 30.2 Å². The Morgan fingerprint density at radius 3 is 2.55 bits per heavy atom. The van der Waals surface area contributed by atoms with E-state index in [1.807, 2.05) is 43.3 Å². The number of nitrogen functional groups attached to an aromatic ring is 1. The Balaban J connectivity index is 2.15. The zero-order chi connectivity index (χ0) is 14.5. The van der Waals surface area contributed by atoms with Crippen LogP contribution < -0.4 is 10.5 Å². The quantitative estimate of drug-likeness (QED) is 0.820. The summed E-state index contributed by atoms with van der Waals surface area (Å²) in [4.78, 5) is 10.8. The van der Waals surface area contributed by atoms with Crippen molar-refractivity contribution < 1.29 is 14.6 Å². The smallest absolute Gasteiger partial charge is 0.307 e. The lowest BCUT2D eigenvalue weighted by molar-refractivity contribution is -0.136. The zero-order valence-corrected chi connectivity index (χ0v) is 11.3. The summed E-state index contributed by atoms with van der Waals surface area (Å²) in [6.45, 7) is 2.22. The van der Waals surface area contributed by atoms with Gasteiger partial charge in [-0.1, -0.05) is 30.3 Å². The van der Waals surface area contributed by atoms with E-state index < -0.39 is 5.97 Å². The first-order valence-corrected chi connectivity index (χ1v) is 6.34. The molecule has 0 saturated carbocycles. The van der Waals surface area contributed by atoms with Gasteiger partial charge in [-0.3, -0.25) is 4.79 Å². The van der Waals surface area contributed by atoms with E-state index in [0.717, 1.165) is 22.4 Å². The lowest BCUT2D eigenvalue weighted by atomic mass is 10.1. The monoisotopic (exact) mass is 271 g/mol. The Bertz CT molecular complexity index is 623. The topological polar surface area (TPSA) is 72.5 Å². The van der Waals surface area contributed by atoms with Crippen molar-refractivity contribution >= 4 is 11.7 Å². The molecule has 4 heteroatoms. The van der Waals surface area contributed by atoms with Crippen molar-refractivity contribution in [2.75, 3.05) is 5.73 Å². The fraction of sp³-hybridized carbons (Fsp3) is 0.188. The molecule has 0 saturated heterocycles. The number of hydrogen-bond donors (Lipinski definition) is 2. The molecule has 2 aromatic rings. The summed E-state index contributed by atoms with van der Waals surface area (Å²) in [5.41, 5.74) is 9.04. The van der Waals surface area contributed by atoms with Crippen LogP contribution in [0.4, 0.5) is 5.69 Å². The Hall–Kier alpha value is -2.49. The fourth-order valence-electron chi connectivity index (χ4n) is 1.98. The predicted octanol–water partition coefficient (Wildman–Crippen LogP) is 2.78. The van der Waals surface area contributed by atoms with Gasteiger partial charge in [-0.2, -0.15) is 0 Å². The Morgan fingerprint density at radius 2 is 1.85 bits per heavy atom. The number of hydrogen-bond acceptors (Lipinski definition) is 3. The van der Waals surface area contributed by atoms with E-state index in [-0.39, 0.29) is 6.42 Å². The van der Waals surface area contributed by atoms with Crippen molar-refractivity contribution in [1.29, 1.82) is 0 Å². The minimum atomic E-state index is -0.849. The molecule has 0 unspecified atom stereocenters. The van der Waals surface area contributed by atoms with Crippen LogP contribution in [0.2, 0.25) is 0 Å². The molecule has 4 nitrogen and oxygen atoms in total. The van der Waals surface area contributed by atoms with E-state index in [4.69, 9.17) is 15.6 Å². The summed E-state index contributed by atoms with van der Waals surface area (Å²) in [5.74, 6) is -0.132. The maximum absolute atomic E-state index is 10.8. The molecule has 0 aliphatic carbocycles. The summed E-state index contributed by atoms with van der Waals surface area (Å²) >= 11 is 0. The average molecular weight is 271 g/mol. The molecule has 20 heavy (non-hydrogen) atoms. The van der Waals surface area contributed by atoms with E-state index >= 15 is 0 Å². The highest BCUT2D eigenvalue weighted by molar-refractivity contribution is 5.70. The summed E-state index contributed by atoms with van der Waals surface area (Å²) in [6.07, 6.45) is -0.00452. The van der Waals surface area contributed by atoms with Gasteiger partial charge in [0.25, 0.3) is 0 Å². The maximum atomic E-state index is 10.8. The van der Waals surface area contributed by atoms with Crippen molar-refractivity contribution in [2.24, 2.45) is 0 Å². The average Bonchev–Trinajstić information content (AvgIpc) is 2.41. The predicted molar refractivity (Wildman–Crippen MR) is 77.7 cm³/mol. The van der Waals surface area contributed by atoms with Crippen LogP contribution in [-0.4, -0.2) is 11.1 Å². The van der Waals surface area contributed by atoms with Gasteiger partial charge in [0.15, 0.2) is 0 Å². The normalized spacial score (nSPS) is 10.2. The molecule has 2 rings (SSSR count). The third kappa shape index (κ3) is 3.29. The lowest BCUT2D eigenvalue weighted by Gasteiger charge is -2.12. The standard InChI is InChI=1S/C16H17NO3/c1-11-14(17)7-4-8-15(11)20-10-13-6-3-2-5-12(13)9-16(18)19/h2-8H,9-10,17H2,1H3,(H,18,19). The number of carboxylic acid groups (broad SMARTS) is 1. The number of anilines is 1. The van der Waals surface area contributed by atoms with Gasteiger partial charge in [0.05, 0.1) is 6.42 Å². The number of ether oxygens (including phenoxy) is 1. The molecule has 0 amide bonds. The van der Waals surface area contributed by atoms with Gasteiger partial charge >= 0.3 is 5.97 Å². The first kappa shape index (κ1) is 13.9. The fourth-order valence-corrected chi connectivity index (χ4v) is 1.98. The van der Waals surface area contributed by atoms with Gasteiger partial charge in [0.1, 0.15) is 12.4 Å². The molecule has 0 spiro atoms. The molecule has 0 aliphatic heterocycles. The summed E-state index contributed by atoms with van der Waals surface area (Å²) in [6, 6.07) is 12.9. The van der Waals surface area contributed by atoms with E-state index in [1.165, 1.54) is 0 Å². The minimum absolute atomic E-state index is 0.00452. The molecule has 0 aliphatic rings. The molecule has 2 aromatic carbocycles. The van der Waals surface area contributed by atoms with E-state index in [0.29, 0.717) is 12.3 Å². The maximum Gasteiger partial charge on any atom is 0.307 e. The number of carbonyl (C=O) groups is 1. The highest BCUT2D eigenvalue weighted by Crippen LogP contribution is 2.24. The Morgan fingerprint density at radius 1 is 1.15 bits per heavy atom. The molecule has 0 atom stereocenters. The molecule has 0 aromatic heterocycles. The molecule has 104 valence electrons. The van der Waals surface area contributed by atoms with Gasteiger partial charge < -0.3 is 15.6 Å². The van der Waals surface area contributed by atoms with E-state index in [1.54, 1.807) is 6.07 Å². The Kier molecular flexibility index (Phi) is 4.25. The summed E-state index contributed by atoms with van der Waals surface area (Å²) < 4.78 is 5.75.